The Kier molecular flexibility index (Phi) is 3.91. The van der Waals surface area contributed by atoms with E-state index in [1.54, 1.807) is 0 Å². The summed E-state index contributed by atoms with van der Waals surface area (Å²) >= 11 is 0. The molecule has 0 heterocycles. The first kappa shape index (κ1) is 9.92. The highest BCUT2D eigenvalue weighted by molar-refractivity contribution is 4.76. The summed E-state index contributed by atoms with van der Waals surface area (Å²) in [5.74, 6) is 0. The summed E-state index contributed by atoms with van der Waals surface area (Å²) in [4.78, 5) is 0. The van der Waals surface area contributed by atoms with E-state index in [-0.39, 0.29) is 5.54 Å². The standard InChI is InChI=1S/C8H20N2/c1-7(9)5-6-8(2,3)10-4/h7,10H,5-6,9H2,1-4H3/t7-/m1/s1. The molecular weight excluding hydrogens is 124 g/mol. The molecule has 0 aliphatic heterocycles. The monoisotopic (exact) mass is 144 g/mol. The molecule has 3 N–H and O–H groups in total. The number of hydrogen-bond donors (Lipinski definition) is 2. The molecular formula is C8H20N2. The summed E-state index contributed by atoms with van der Waals surface area (Å²) in [7, 11) is 1.99. The lowest BCUT2D eigenvalue weighted by atomic mass is 9.97. The van der Waals surface area contributed by atoms with Gasteiger partial charge in [-0.05, 0) is 40.7 Å². The molecule has 0 aromatic heterocycles. The van der Waals surface area contributed by atoms with Gasteiger partial charge in [0, 0.05) is 11.6 Å². The second kappa shape index (κ2) is 3.94. The summed E-state index contributed by atoms with van der Waals surface area (Å²) in [6.07, 6.45) is 2.23. The van der Waals surface area contributed by atoms with E-state index in [1.165, 1.54) is 0 Å². The van der Waals surface area contributed by atoms with Crippen LogP contribution in [0.3, 0.4) is 0 Å². The molecule has 0 amide bonds. The minimum Gasteiger partial charge on any atom is -0.328 e. The third kappa shape index (κ3) is 4.77. The van der Waals surface area contributed by atoms with Crippen LogP contribution < -0.4 is 11.1 Å². The van der Waals surface area contributed by atoms with E-state index in [9.17, 15) is 0 Å². The predicted molar refractivity (Wildman–Crippen MR) is 46.0 cm³/mol. The molecule has 0 unspecified atom stereocenters. The number of nitrogens with one attached hydrogen (secondary N) is 1. The number of hydrogen-bond acceptors (Lipinski definition) is 2. The fourth-order valence-electron chi connectivity index (χ4n) is 0.714. The third-order valence-electron chi connectivity index (χ3n) is 1.90. The first-order valence-electron chi connectivity index (χ1n) is 3.92. The van der Waals surface area contributed by atoms with Crippen LogP contribution in [-0.2, 0) is 0 Å². The molecule has 0 saturated heterocycles. The Hall–Kier alpha value is -0.0800. The number of rotatable bonds is 4. The first-order valence-corrected chi connectivity index (χ1v) is 3.92. The van der Waals surface area contributed by atoms with Crippen molar-refractivity contribution in [2.75, 3.05) is 7.05 Å². The molecule has 62 valence electrons. The van der Waals surface area contributed by atoms with Gasteiger partial charge in [-0.3, -0.25) is 0 Å². The molecule has 2 nitrogen and oxygen atoms in total. The smallest absolute Gasteiger partial charge is 0.0122 e. The molecule has 0 bridgehead atoms. The summed E-state index contributed by atoms with van der Waals surface area (Å²) in [5, 5.41) is 3.24. The Morgan fingerprint density at radius 1 is 1.50 bits per heavy atom. The summed E-state index contributed by atoms with van der Waals surface area (Å²) in [5.41, 5.74) is 5.87. The second-order valence-corrected chi connectivity index (χ2v) is 3.65. The number of nitrogens with two attached hydrogens (primary N) is 1. The normalized spacial score (nSPS) is 15.3. The molecule has 2 heteroatoms. The zero-order chi connectivity index (χ0) is 8.20. The molecule has 0 saturated carbocycles. The van der Waals surface area contributed by atoms with Crippen LogP contribution in [0.15, 0.2) is 0 Å². The van der Waals surface area contributed by atoms with Crippen molar-refractivity contribution in [2.24, 2.45) is 5.73 Å². The maximum Gasteiger partial charge on any atom is 0.0122 e. The van der Waals surface area contributed by atoms with Crippen LogP contribution in [0.5, 0.6) is 0 Å². The van der Waals surface area contributed by atoms with Crippen molar-refractivity contribution < 1.29 is 0 Å². The molecule has 0 aromatic carbocycles. The minimum absolute atomic E-state index is 0.244. The zero-order valence-electron chi connectivity index (χ0n) is 7.57. The first-order chi connectivity index (χ1) is 4.48. The van der Waals surface area contributed by atoms with Crippen molar-refractivity contribution >= 4 is 0 Å². The van der Waals surface area contributed by atoms with Crippen molar-refractivity contribution in [3.63, 3.8) is 0 Å². The lowest BCUT2D eigenvalue weighted by Gasteiger charge is -2.24. The highest BCUT2D eigenvalue weighted by Gasteiger charge is 2.14. The topological polar surface area (TPSA) is 38.0 Å². The van der Waals surface area contributed by atoms with E-state index in [4.69, 9.17) is 5.73 Å². The molecule has 0 aliphatic rings. The van der Waals surface area contributed by atoms with Crippen LogP contribution in [0.2, 0.25) is 0 Å². The van der Waals surface area contributed by atoms with E-state index in [0.29, 0.717) is 6.04 Å². The second-order valence-electron chi connectivity index (χ2n) is 3.65. The van der Waals surface area contributed by atoms with Gasteiger partial charge in [-0.15, -0.1) is 0 Å². The van der Waals surface area contributed by atoms with Gasteiger partial charge >= 0.3 is 0 Å². The Morgan fingerprint density at radius 3 is 2.30 bits per heavy atom. The van der Waals surface area contributed by atoms with Crippen molar-refractivity contribution in [2.45, 2.75) is 45.2 Å². The highest BCUT2D eigenvalue weighted by Crippen LogP contribution is 2.10. The van der Waals surface area contributed by atoms with Gasteiger partial charge in [-0.25, -0.2) is 0 Å². The lowest BCUT2D eigenvalue weighted by molar-refractivity contribution is 0.370. The molecule has 10 heavy (non-hydrogen) atoms. The Labute approximate surface area is 64.2 Å². The summed E-state index contributed by atoms with van der Waals surface area (Å²) in [6.45, 7) is 6.43. The van der Waals surface area contributed by atoms with Gasteiger partial charge in [-0.1, -0.05) is 0 Å². The van der Waals surface area contributed by atoms with Gasteiger partial charge in [0.1, 0.15) is 0 Å². The fourth-order valence-corrected chi connectivity index (χ4v) is 0.714. The van der Waals surface area contributed by atoms with Crippen LogP contribution in [0.25, 0.3) is 0 Å². The van der Waals surface area contributed by atoms with Gasteiger partial charge in [0.05, 0.1) is 0 Å². The Morgan fingerprint density at radius 2 is 2.00 bits per heavy atom. The van der Waals surface area contributed by atoms with Gasteiger partial charge in [0.25, 0.3) is 0 Å². The highest BCUT2D eigenvalue weighted by atomic mass is 14.9. The fraction of sp³-hybridized carbons (Fsp3) is 1.00. The minimum atomic E-state index is 0.244. The average molecular weight is 144 g/mol. The predicted octanol–water partition coefficient (Wildman–Crippen LogP) is 1.11. The van der Waals surface area contributed by atoms with Gasteiger partial charge in [-0.2, -0.15) is 0 Å². The SMILES string of the molecule is CNC(C)(C)CC[C@@H](C)N. The zero-order valence-corrected chi connectivity index (χ0v) is 7.57. The van der Waals surface area contributed by atoms with Crippen LogP contribution >= 0.6 is 0 Å². The maximum absolute atomic E-state index is 5.63. The van der Waals surface area contributed by atoms with Crippen molar-refractivity contribution in [1.82, 2.24) is 5.32 Å². The van der Waals surface area contributed by atoms with E-state index in [1.807, 2.05) is 14.0 Å². The average Bonchev–Trinajstić information content (AvgIpc) is 1.85. The van der Waals surface area contributed by atoms with Crippen molar-refractivity contribution in [3.05, 3.63) is 0 Å². The van der Waals surface area contributed by atoms with E-state index >= 15 is 0 Å². The molecule has 0 rings (SSSR count). The molecule has 0 spiro atoms. The molecule has 0 aliphatic carbocycles. The van der Waals surface area contributed by atoms with Crippen molar-refractivity contribution in [1.29, 1.82) is 0 Å². The van der Waals surface area contributed by atoms with Gasteiger partial charge in [0.15, 0.2) is 0 Å². The third-order valence-corrected chi connectivity index (χ3v) is 1.90. The molecule has 1 atom stereocenters. The molecule has 0 fully saturated rings. The van der Waals surface area contributed by atoms with Crippen LogP contribution in [0.4, 0.5) is 0 Å². The van der Waals surface area contributed by atoms with E-state index in [0.717, 1.165) is 12.8 Å². The lowest BCUT2D eigenvalue weighted by Crippen LogP contribution is -2.37. The maximum atomic E-state index is 5.63. The molecule has 0 aromatic rings. The van der Waals surface area contributed by atoms with E-state index < -0.39 is 0 Å². The van der Waals surface area contributed by atoms with Gasteiger partial charge in [0.2, 0.25) is 0 Å². The quantitative estimate of drug-likeness (QED) is 0.620. The van der Waals surface area contributed by atoms with Crippen LogP contribution in [-0.4, -0.2) is 18.6 Å². The van der Waals surface area contributed by atoms with Crippen LogP contribution in [0, 0.1) is 0 Å². The Balaban J connectivity index is 3.46. The summed E-state index contributed by atoms with van der Waals surface area (Å²) < 4.78 is 0. The van der Waals surface area contributed by atoms with E-state index in [2.05, 4.69) is 19.2 Å². The molecule has 0 radical (unpaired) electrons. The van der Waals surface area contributed by atoms with Crippen molar-refractivity contribution in [3.8, 4) is 0 Å². The van der Waals surface area contributed by atoms with Crippen LogP contribution in [0.1, 0.15) is 33.6 Å². The largest absolute Gasteiger partial charge is 0.328 e. The van der Waals surface area contributed by atoms with Gasteiger partial charge < -0.3 is 11.1 Å². The summed E-state index contributed by atoms with van der Waals surface area (Å²) in [6, 6.07) is 0.327. The Bertz CT molecular complexity index is 87.3.